The summed E-state index contributed by atoms with van der Waals surface area (Å²) in [7, 11) is 0. The zero-order valence-electron chi connectivity index (χ0n) is 16.1. The van der Waals surface area contributed by atoms with E-state index in [0.29, 0.717) is 22.4 Å². The molecule has 2 aromatic heterocycles. The maximum atomic E-state index is 12.2. The Kier molecular flexibility index (Phi) is 5.57. The number of amides is 1. The van der Waals surface area contributed by atoms with Gasteiger partial charge in [-0.15, -0.1) is 0 Å². The molecule has 0 bridgehead atoms. The number of benzene rings is 2. The number of carbonyl (C=O) groups excluding carboxylic acids is 1. The number of para-hydroxylation sites is 1. The van der Waals surface area contributed by atoms with Gasteiger partial charge in [-0.3, -0.25) is 19.9 Å². The van der Waals surface area contributed by atoms with E-state index in [2.05, 4.69) is 20.6 Å². The highest BCUT2D eigenvalue weighted by Gasteiger charge is 2.14. The highest BCUT2D eigenvalue weighted by molar-refractivity contribution is 5.95. The van der Waals surface area contributed by atoms with Gasteiger partial charge in [-0.2, -0.15) is 10.2 Å². The fourth-order valence-corrected chi connectivity index (χ4v) is 2.91. The van der Waals surface area contributed by atoms with E-state index in [9.17, 15) is 14.9 Å². The lowest BCUT2D eigenvalue weighted by atomic mass is 10.1. The Bertz CT molecular complexity index is 1250. The molecule has 9 nitrogen and oxygen atoms in total. The van der Waals surface area contributed by atoms with Crippen molar-refractivity contribution in [1.82, 2.24) is 20.2 Å². The summed E-state index contributed by atoms with van der Waals surface area (Å²) in [5, 5.41) is 19.8. The normalized spacial score (nSPS) is 10.8. The first kappa shape index (κ1) is 19.6. The summed E-state index contributed by atoms with van der Waals surface area (Å²) in [5.41, 5.74) is 5.30. The number of nitrogens with one attached hydrogen (secondary N) is 1. The lowest BCUT2D eigenvalue weighted by Crippen LogP contribution is -2.17. The monoisotopic (exact) mass is 412 g/mol. The molecule has 0 saturated carbocycles. The summed E-state index contributed by atoms with van der Waals surface area (Å²) in [6.07, 6.45) is 6.23. The molecule has 1 N–H and O–H groups in total. The molecule has 0 spiro atoms. The molecule has 0 radical (unpaired) electrons. The van der Waals surface area contributed by atoms with Crippen molar-refractivity contribution in [3.63, 3.8) is 0 Å². The molecule has 0 aliphatic rings. The quantitative estimate of drug-likeness (QED) is 0.295. The summed E-state index contributed by atoms with van der Waals surface area (Å²) in [6.45, 7) is 0. The fourth-order valence-electron chi connectivity index (χ4n) is 2.91. The molecule has 31 heavy (non-hydrogen) atoms. The first-order valence-corrected chi connectivity index (χ1v) is 9.25. The van der Waals surface area contributed by atoms with Gasteiger partial charge in [0.25, 0.3) is 11.6 Å². The van der Waals surface area contributed by atoms with Crippen molar-refractivity contribution in [2.75, 3.05) is 0 Å². The number of nitrogens with zero attached hydrogens (tertiary/aromatic N) is 5. The highest BCUT2D eigenvalue weighted by atomic mass is 16.6. The predicted octanol–water partition coefficient (Wildman–Crippen LogP) is 3.61. The molecule has 0 aliphatic carbocycles. The number of nitro groups is 1. The molecule has 0 saturated heterocycles. The van der Waals surface area contributed by atoms with Gasteiger partial charge in [0.2, 0.25) is 0 Å². The minimum absolute atomic E-state index is 0.0411. The summed E-state index contributed by atoms with van der Waals surface area (Å²) >= 11 is 0. The van der Waals surface area contributed by atoms with Gasteiger partial charge in [0.05, 0.1) is 16.8 Å². The SMILES string of the molecule is O=C(N/N=C\c1cn(-c2ccccc2)nc1-c1cccc([N+](=O)[O-])c1)c1ccncc1. The summed E-state index contributed by atoms with van der Waals surface area (Å²) in [5.74, 6) is -0.383. The van der Waals surface area contributed by atoms with Crippen molar-refractivity contribution in [1.29, 1.82) is 0 Å². The summed E-state index contributed by atoms with van der Waals surface area (Å²) in [4.78, 5) is 26.8. The van der Waals surface area contributed by atoms with Crippen LogP contribution in [0, 0.1) is 10.1 Å². The molecular weight excluding hydrogens is 396 g/mol. The van der Waals surface area contributed by atoms with Crippen LogP contribution in [-0.2, 0) is 0 Å². The molecule has 0 unspecified atom stereocenters. The average molecular weight is 412 g/mol. The number of hydrogen-bond acceptors (Lipinski definition) is 6. The number of pyridine rings is 1. The van der Waals surface area contributed by atoms with Crippen LogP contribution >= 0.6 is 0 Å². The van der Waals surface area contributed by atoms with E-state index in [1.54, 1.807) is 35.1 Å². The first-order valence-electron chi connectivity index (χ1n) is 9.25. The van der Waals surface area contributed by atoms with Crippen molar-refractivity contribution >= 4 is 17.8 Å². The lowest BCUT2D eigenvalue weighted by Gasteiger charge is -2.01. The van der Waals surface area contributed by atoms with Gasteiger partial charge >= 0.3 is 0 Å². The second-order valence-electron chi connectivity index (χ2n) is 6.46. The highest BCUT2D eigenvalue weighted by Crippen LogP contribution is 2.26. The van der Waals surface area contributed by atoms with E-state index in [1.165, 1.54) is 30.7 Å². The van der Waals surface area contributed by atoms with Gasteiger partial charge in [0, 0.05) is 47.4 Å². The van der Waals surface area contributed by atoms with Crippen LogP contribution in [-0.4, -0.2) is 31.8 Å². The van der Waals surface area contributed by atoms with Gasteiger partial charge in [-0.05, 0) is 24.3 Å². The smallest absolute Gasteiger partial charge is 0.267 e. The number of rotatable bonds is 6. The molecule has 4 rings (SSSR count). The Hall–Kier alpha value is -4.66. The van der Waals surface area contributed by atoms with Crippen molar-refractivity contribution < 1.29 is 9.72 Å². The third-order valence-electron chi connectivity index (χ3n) is 4.41. The van der Waals surface area contributed by atoms with E-state index in [-0.39, 0.29) is 11.6 Å². The fraction of sp³-hybridized carbons (Fsp3) is 0. The van der Waals surface area contributed by atoms with Gasteiger partial charge in [-0.25, -0.2) is 10.1 Å². The largest absolute Gasteiger partial charge is 0.271 e. The Morgan fingerprint density at radius 1 is 1.06 bits per heavy atom. The number of hydrogen-bond donors (Lipinski definition) is 1. The topological polar surface area (TPSA) is 115 Å². The van der Waals surface area contributed by atoms with E-state index >= 15 is 0 Å². The maximum Gasteiger partial charge on any atom is 0.271 e. The van der Waals surface area contributed by atoms with E-state index < -0.39 is 4.92 Å². The van der Waals surface area contributed by atoms with Crippen LogP contribution in [0.1, 0.15) is 15.9 Å². The minimum Gasteiger partial charge on any atom is -0.267 e. The number of aromatic nitrogens is 3. The van der Waals surface area contributed by atoms with Crippen molar-refractivity contribution in [2.24, 2.45) is 5.10 Å². The number of carbonyl (C=O) groups is 1. The molecule has 1 amide bonds. The van der Waals surface area contributed by atoms with E-state index in [1.807, 2.05) is 30.3 Å². The molecule has 0 aliphatic heterocycles. The van der Waals surface area contributed by atoms with Crippen molar-refractivity contribution in [3.05, 3.63) is 107 Å². The van der Waals surface area contributed by atoms with Gasteiger partial charge in [0.15, 0.2) is 0 Å². The van der Waals surface area contributed by atoms with Crippen LogP contribution in [0.3, 0.4) is 0 Å². The van der Waals surface area contributed by atoms with E-state index in [0.717, 1.165) is 5.69 Å². The lowest BCUT2D eigenvalue weighted by molar-refractivity contribution is -0.384. The molecule has 2 heterocycles. The minimum atomic E-state index is -0.458. The Morgan fingerprint density at radius 3 is 2.58 bits per heavy atom. The van der Waals surface area contributed by atoms with Crippen LogP contribution in [0.15, 0.2) is 90.4 Å². The van der Waals surface area contributed by atoms with Gasteiger partial charge in [0.1, 0.15) is 5.69 Å². The zero-order chi connectivity index (χ0) is 21.6. The molecule has 4 aromatic rings. The average Bonchev–Trinajstić information content (AvgIpc) is 3.24. The molecule has 152 valence electrons. The van der Waals surface area contributed by atoms with Gasteiger partial charge in [-0.1, -0.05) is 30.3 Å². The maximum absolute atomic E-state index is 12.2. The number of hydrazone groups is 1. The Morgan fingerprint density at radius 2 is 1.84 bits per heavy atom. The van der Waals surface area contributed by atoms with Crippen LogP contribution in [0.25, 0.3) is 16.9 Å². The van der Waals surface area contributed by atoms with Crippen LogP contribution in [0.2, 0.25) is 0 Å². The molecule has 0 fully saturated rings. The standard InChI is InChI=1S/C22H16N6O3/c29-22(16-9-11-23-12-10-16)25-24-14-18-15-27(19-6-2-1-3-7-19)26-21(18)17-5-4-8-20(13-17)28(30)31/h1-15H,(H,25,29)/b24-14-. The second-order valence-corrected chi connectivity index (χ2v) is 6.46. The Labute approximate surface area is 176 Å². The van der Waals surface area contributed by atoms with Crippen molar-refractivity contribution in [2.45, 2.75) is 0 Å². The molecule has 0 atom stereocenters. The van der Waals surface area contributed by atoms with E-state index in [4.69, 9.17) is 0 Å². The third kappa shape index (κ3) is 4.51. The predicted molar refractivity (Wildman–Crippen MR) is 115 cm³/mol. The van der Waals surface area contributed by atoms with Gasteiger partial charge < -0.3 is 0 Å². The number of nitro benzene ring substituents is 1. The van der Waals surface area contributed by atoms with Crippen LogP contribution < -0.4 is 5.43 Å². The first-order chi connectivity index (χ1) is 15.1. The van der Waals surface area contributed by atoms with Crippen LogP contribution in [0.5, 0.6) is 0 Å². The Balaban J connectivity index is 1.68. The molecule has 2 aromatic carbocycles. The molecular formula is C22H16N6O3. The van der Waals surface area contributed by atoms with Crippen molar-refractivity contribution in [3.8, 4) is 16.9 Å². The molecule has 9 heteroatoms. The summed E-state index contributed by atoms with van der Waals surface area (Å²) in [6, 6.07) is 18.8. The third-order valence-corrected chi connectivity index (χ3v) is 4.41. The number of non-ortho nitro benzene ring substituents is 1. The second kappa shape index (κ2) is 8.78. The zero-order valence-corrected chi connectivity index (χ0v) is 16.1. The summed E-state index contributed by atoms with van der Waals surface area (Å²) < 4.78 is 1.65. The van der Waals surface area contributed by atoms with Crippen LogP contribution in [0.4, 0.5) is 5.69 Å².